The number of rotatable bonds is 6. The topological polar surface area (TPSA) is 89.9 Å². The summed E-state index contributed by atoms with van der Waals surface area (Å²) in [5.41, 5.74) is 7.46. The van der Waals surface area contributed by atoms with Gasteiger partial charge < -0.3 is 5.73 Å². The molecule has 4 rings (SSSR count). The highest BCUT2D eigenvalue weighted by atomic mass is 16.1. The number of aromatic nitrogens is 4. The van der Waals surface area contributed by atoms with Gasteiger partial charge in [0.1, 0.15) is 5.82 Å². The fourth-order valence-corrected chi connectivity index (χ4v) is 3.61. The van der Waals surface area contributed by atoms with Crippen LogP contribution in [0.15, 0.2) is 54.9 Å². The van der Waals surface area contributed by atoms with Crippen LogP contribution in [-0.4, -0.2) is 37.1 Å². The normalized spacial score (nSPS) is 17.3. The molecule has 3 aromatic rings. The molecule has 7 heteroatoms. The van der Waals surface area contributed by atoms with E-state index in [2.05, 4.69) is 44.2 Å². The molecule has 0 bridgehead atoms. The second kappa shape index (κ2) is 7.67. The summed E-state index contributed by atoms with van der Waals surface area (Å²) in [7, 11) is 0. The number of nitrogens with zero attached hydrogens (tertiary/aromatic N) is 5. The maximum absolute atomic E-state index is 11.4. The Balaban J connectivity index is 1.68. The summed E-state index contributed by atoms with van der Waals surface area (Å²) in [6, 6.07) is 14.4. The second-order valence-corrected chi connectivity index (χ2v) is 6.77. The van der Waals surface area contributed by atoms with Gasteiger partial charge in [-0.15, -0.1) is 0 Å². The smallest absolute Gasteiger partial charge is 0.225 e. The third-order valence-corrected chi connectivity index (χ3v) is 4.79. The molecule has 0 saturated carbocycles. The van der Waals surface area contributed by atoms with Crippen LogP contribution in [0.2, 0.25) is 0 Å². The van der Waals surface area contributed by atoms with Crippen molar-refractivity contribution in [2.24, 2.45) is 5.73 Å². The lowest BCUT2D eigenvalue weighted by Gasteiger charge is -2.24. The van der Waals surface area contributed by atoms with Gasteiger partial charge in [-0.05, 0) is 37.1 Å². The molecule has 0 radical (unpaired) electrons. The van der Waals surface area contributed by atoms with E-state index in [1.807, 2.05) is 18.2 Å². The molecule has 1 aromatic carbocycles. The van der Waals surface area contributed by atoms with Crippen molar-refractivity contribution < 1.29 is 4.79 Å². The number of pyridine rings is 1. The molecular weight excluding hydrogens is 340 g/mol. The average Bonchev–Trinajstić information content (AvgIpc) is 3.29. The predicted octanol–water partition coefficient (Wildman–Crippen LogP) is 2.03. The molecule has 1 atom stereocenters. The second-order valence-electron chi connectivity index (χ2n) is 6.77. The quantitative estimate of drug-likeness (QED) is 0.725. The SMILES string of the molecule is NC(=O)Cc1nc([C@@H]2CCCN2Cc2ccccc2)n(-c2cccnc2)n1. The molecule has 7 nitrogen and oxygen atoms in total. The number of hydrogen-bond acceptors (Lipinski definition) is 5. The Labute approximate surface area is 157 Å². The third kappa shape index (κ3) is 3.88. The first-order valence-corrected chi connectivity index (χ1v) is 9.13. The van der Waals surface area contributed by atoms with Crippen LogP contribution in [0.1, 0.15) is 36.1 Å². The monoisotopic (exact) mass is 362 g/mol. The molecule has 0 aliphatic carbocycles. The van der Waals surface area contributed by atoms with Crippen LogP contribution in [0.4, 0.5) is 0 Å². The van der Waals surface area contributed by atoms with Gasteiger partial charge in [0.2, 0.25) is 5.91 Å². The molecule has 1 fully saturated rings. The van der Waals surface area contributed by atoms with Gasteiger partial charge in [0, 0.05) is 12.7 Å². The zero-order valence-electron chi connectivity index (χ0n) is 15.0. The largest absolute Gasteiger partial charge is 0.369 e. The van der Waals surface area contributed by atoms with Gasteiger partial charge in [0.05, 0.1) is 24.3 Å². The summed E-state index contributed by atoms with van der Waals surface area (Å²) in [5.74, 6) is 0.859. The summed E-state index contributed by atoms with van der Waals surface area (Å²) >= 11 is 0. The van der Waals surface area contributed by atoms with Crippen molar-refractivity contribution in [3.8, 4) is 5.69 Å². The van der Waals surface area contributed by atoms with E-state index in [0.717, 1.165) is 37.4 Å². The molecule has 0 spiro atoms. The molecule has 2 N–H and O–H groups in total. The zero-order chi connectivity index (χ0) is 18.6. The van der Waals surface area contributed by atoms with Crippen molar-refractivity contribution in [1.82, 2.24) is 24.6 Å². The Bertz CT molecular complexity index is 909. The van der Waals surface area contributed by atoms with Crippen LogP contribution in [0, 0.1) is 0 Å². The zero-order valence-corrected chi connectivity index (χ0v) is 15.0. The van der Waals surface area contributed by atoms with E-state index in [9.17, 15) is 4.79 Å². The maximum Gasteiger partial charge on any atom is 0.225 e. The van der Waals surface area contributed by atoms with Crippen molar-refractivity contribution >= 4 is 5.91 Å². The van der Waals surface area contributed by atoms with Crippen LogP contribution in [0.25, 0.3) is 5.69 Å². The summed E-state index contributed by atoms with van der Waals surface area (Å²) in [6.45, 7) is 1.86. The van der Waals surface area contributed by atoms with Crippen LogP contribution < -0.4 is 5.73 Å². The van der Waals surface area contributed by atoms with Gasteiger partial charge in [0.25, 0.3) is 0 Å². The molecule has 0 unspecified atom stereocenters. The van der Waals surface area contributed by atoms with Gasteiger partial charge in [-0.25, -0.2) is 9.67 Å². The number of benzene rings is 1. The summed E-state index contributed by atoms with van der Waals surface area (Å²) in [5, 5.41) is 4.54. The minimum atomic E-state index is -0.433. The molecule has 1 aliphatic rings. The molecule has 3 heterocycles. The van der Waals surface area contributed by atoms with E-state index in [-0.39, 0.29) is 12.5 Å². The standard InChI is InChI=1S/C20H22N6O/c21-18(27)12-19-23-20(26(24-19)16-8-4-10-22-13-16)17-9-5-11-25(17)14-15-6-2-1-3-7-15/h1-4,6-8,10,13,17H,5,9,11-12,14H2,(H2,21,27)/t17-/m0/s1. The number of hydrogen-bond donors (Lipinski definition) is 1. The Morgan fingerprint density at radius 2 is 2.04 bits per heavy atom. The van der Waals surface area contributed by atoms with Crippen LogP contribution >= 0.6 is 0 Å². The molecule has 2 aromatic heterocycles. The number of nitrogens with two attached hydrogens (primary N) is 1. The summed E-state index contributed by atoms with van der Waals surface area (Å²) in [4.78, 5) is 22.7. The lowest BCUT2D eigenvalue weighted by Crippen LogP contribution is -2.25. The molecule has 27 heavy (non-hydrogen) atoms. The van der Waals surface area contributed by atoms with E-state index in [0.29, 0.717) is 5.82 Å². The van der Waals surface area contributed by atoms with Gasteiger partial charge in [-0.2, -0.15) is 5.10 Å². The number of likely N-dealkylation sites (tertiary alicyclic amines) is 1. The Morgan fingerprint density at radius 1 is 1.19 bits per heavy atom. The predicted molar refractivity (Wildman–Crippen MR) is 101 cm³/mol. The lowest BCUT2D eigenvalue weighted by molar-refractivity contribution is -0.117. The lowest BCUT2D eigenvalue weighted by atomic mass is 10.1. The van der Waals surface area contributed by atoms with Crippen molar-refractivity contribution in [2.75, 3.05) is 6.54 Å². The molecule has 1 amide bonds. The molecule has 1 aliphatic heterocycles. The van der Waals surface area contributed by atoms with Gasteiger partial charge in [-0.1, -0.05) is 30.3 Å². The highest BCUT2D eigenvalue weighted by Gasteiger charge is 2.31. The van der Waals surface area contributed by atoms with Gasteiger partial charge in [0.15, 0.2) is 5.82 Å². The minimum absolute atomic E-state index is 0.0334. The molecule has 138 valence electrons. The van der Waals surface area contributed by atoms with E-state index in [4.69, 9.17) is 5.73 Å². The van der Waals surface area contributed by atoms with Crippen LogP contribution in [-0.2, 0) is 17.8 Å². The number of carbonyl (C=O) groups excluding carboxylic acids is 1. The Kier molecular flexibility index (Phi) is 4.93. The minimum Gasteiger partial charge on any atom is -0.369 e. The molecular formula is C20H22N6O. The van der Waals surface area contributed by atoms with E-state index in [1.54, 1.807) is 17.1 Å². The highest BCUT2D eigenvalue weighted by molar-refractivity contribution is 5.75. The maximum atomic E-state index is 11.4. The third-order valence-electron chi connectivity index (χ3n) is 4.79. The average molecular weight is 362 g/mol. The van der Waals surface area contributed by atoms with Crippen molar-refractivity contribution in [1.29, 1.82) is 0 Å². The molecule has 1 saturated heterocycles. The van der Waals surface area contributed by atoms with Crippen molar-refractivity contribution in [3.63, 3.8) is 0 Å². The first-order valence-electron chi connectivity index (χ1n) is 9.13. The first kappa shape index (κ1) is 17.4. The Morgan fingerprint density at radius 3 is 2.78 bits per heavy atom. The number of amides is 1. The summed E-state index contributed by atoms with van der Waals surface area (Å²) in [6.07, 6.45) is 5.61. The summed E-state index contributed by atoms with van der Waals surface area (Å²) < 4.78 is 1.80. The van der Waals surface area contributed by atoms with Crippen LogP contribution in [0.5, 0.6) is 0 Å². The van der Waals surface area contributed by atoms with E-state index in [1.165, 1.54) is 5.56 Å². The van der Waals surface area contributed by atoms with Crippen molar-refractivity contribution in [2.45, 2.75) is 31.8 Å². The van der Waals surface area contributed by atoms with E-state index < -0.39 is 5.91 Å². The number of primary amides is 1. The fourth-order valence-electron chi connectivity index (χ4n) is 3.61. The number of carbonyl (C=O) groups is 1. The van der Waals surface area contributed by atoms with Crippen LogP contribution in [0.3, 0.4) is 0 Å². The van der Waals surface area contributed by atoms with E-state index >= 15 is 0 Å². The van der Waals surface area contributed by atoms with Crippen molar-refractivity contribution in [3.05, 3.63) is 72.1 Å². The highest BCUT2D eigenvalue weighted by Crippen LogP contribution is 2.33. The fraction of sp³-hybridized carbons (Fsp3) is 0.300. The first-order chi connectivity index (χ1) is 13.2. The van der Waals surface area contributed by atoms with Gasteiger partial charge in [-0.3, -0.25) is 14.7 Å². The van der Waals surface area contributed by atoms with Gasteiger partial charge >= 0.3 is 0 Å². The Hall–Kier alpha value is -3.06.